The van der Waals surface area contributed by atoms with E-state index in [1.807, 2.05) is 11.8 Å². The Morgan fingerprint density at radius 3 is 3.07 bits per heavy atom. The molecule has 74 valence electrons. The Hall–Kier alpha value is -1.41. The fraction of sp³-hybridized carbons (Fsp3) is 0.0769. The highest BCUT2D eigenvalue weighted by Gasteiger charge is 2.10. The molecule has 0 bridgehead atoms. The van der Waals surface area contributed by atoms with Gasteiger partial charge in [-0.1, -0.05) is 30.3 Å². The van der Waals surface area contributed by atoms with E-state index < -0.39 is 0 Å². The number of hydrogen-bond acceptors (Lipinski definition) is 2. The van der Waals surface area contributed by atoms with Crippen molar-refractivity contribution in [3.05, 3.63) is 58.6 Å². The van der Waals surface area contributed by atoms with Crippen LogP contribution in [0.15, 0.2) is 48.1 Å². The second-order valence-corrected chi connectivity index (χ2v) is 4.44. The normalized spacial score (nSPS) is 17.9. The third kappa shape index (κ3) is 1.51. The maximum Gasteiger partial charge on any atom is 0.0401 e. The zero-order chi connectivity index (χ0) is 10.1. The summed E-state index contributed by atoms with van der Waals surface area (Å²) in [5, 5.41) is 4.79. The Morgan fingerprint density at radius 1 is 1.13 bits per heavy atom. The van der Waals surface area contributed by atoms with Crippen molar-refractivity contribution in [1.82, 2.24) is 4.90 Å². The van der Waals surface area contributed by atoms with Gasteiger partial charge in [-0.2, -0.15) is 0 Å². The van der Waals surface area contributed by atoms with Crippen LogP contribution in [0.3, 0.4) is 0 Å². The van der Waals surface area contributed by atoms with Crippen LogP contribution in [0.25, 0.3) is 11.8 Å². The molecule has 0 fully saturated rings. The maximum atomic E-state index is 2.21. The lowest BCUT2D eigenvalue weighted by molar-refractivity contribution is 0.711. The summed E-state index contributed by atoms with van der Waals surface area (Å²) in [4.78, 5) is 2.21. The monoisotopic (exact) mass is 213 g/mol. The molecular formula is C13H11NS. The van der Waals surface area contributed by atoms with Crippen molar-refractivity contribution < 1.29 is 0 Å². The van der Waals surface area contributed by atoms with Crippen molar-refractivity contribution in [3.63, 3.8) is 0 Å². The van der Waals surface area contributed by atoms with Crippen LogP contribution < -0.4 is 10.4 Å². The highest BCUT2D eigenvalue weighted by Crippen LogP contribution is 2.21. The Labute approximate surface area is 93.1 Å². The van der Waals surface area contributed by atoms with E-state index in [0.29, 0.717) is 0 Å². The molecule has 3 rings (SSSR count). The average molecular weight is 213 g/mol. The van der Waals surface area contributed by atoms with Crippen LogP contribution in [-0.2, 0) is 0 Å². The van der Waals surface area contributed by atoms with Crippen molar-refractivity contribution in [3.8, 4) is 0 Å². The topological polar surface area (TPSA) is 3.24 Å². The lowest BCUT2D eigenvalue weighted by Crippen LogP contribution is -2.31. The number of hydrogen-bond donors (Lipinski definition) is 0. The number of nitrogens with zero attached hydrogens (tertiary/aromatic N) is 1. The molecule has 0 radical (unpaired) electrons. The van der Waals surface area contributed by atoms with Crippen molar-refractivity contribution in [2.24, 2.45) is 0 Å². The van der Waals surface area contributed by atoms with Crippen molar-refractivity contribution in [2.45, 2.75) is 0 Å². The molecule has 0 aromatic heterocycles. The summed E-state index contributed by atoms with van der Waals surface area (Å²) in [6.45, 7) is 0. The van der Waals surface area contributed by atoms with E-state index in [0.717, 1.165) is 5.75 Å². The van der Waals surface area contributed by atoms with E-state index in [1.54, 1.807) is 0 Å². The zero-order valence-corrected chi connectivity index (χ0v) is 9.08. The first kappa shape index (κ1) is 8.86. The summed E-state index contributed by atoms with van der Waals surface area (Å²) >= 11 is 1.85. The Kier molecular flexibility index (Phi) is 2.14. The van der Waals surface area contributed by atoms with Crippen LogP contribution in [0.2, 0.25) is 0 Å². The van der Waals surface area contributed by atoms with Crippen LogP contribution in [0.1, 0.15) is 0 Å². The van der Waals surface area contributed by atoms with Gasteiger partial charge in [0.2, 0.25) is 0 Å². The molecule has 1 nitrogen and oxygen atoms in total. The molecule has 2 heteroatoms. The summed E-state index contributed by atoms with van der Waals surface area (Å²) in [5.41, 5.74) is 1.38. The largest absolute Gasteiger partial charge is 0.326 e. The quantitative estimate of drug-likeness (QED) is 0.644. The van der Waals surface area contributed by atoms with Crippen LogP contribution in [0.4, 0.5) is 0 Å². The molecular weight excluding hydrogens is 202 g/mol. The number of thioether (sulfide) groups is 1. The lowest BCUT2D eigenvalue weighted by Gasteiger charge is -2.22. The lowest BCUT2D eigenvalue weighted by atomic mass is 10.2. The molecule has 1 aromatic rings. The number of rotatable bonds is 0. The molecule has 0 atom stereocenters. The summed E-state index contributed by atoms with van der Waals surface area (Å²) in [5.74, 6) is 1.05. The SMILES string of the molecule is C1=CN2C=CSCC2=c2ccccc2=C1. The Balaban J connectivity index is 2.38. The van der Waals surface area contributed by atoms with Gasteiger partial charge in [-0.25, -0.2) is 0 Å². The second-order valence-electron chi connectivity index (χ2n) is 3.55. The third-order valence-corrected chi connectivity index (χ3v) is 3.40. The van der Waals surface area contributed by atoms with Gasteiger partial charge in [-0.05, 0) is 16.7 Å². The summed E-state index contributed by atoms with van der Waals surface area (Å²) in [6, 6.07) is 8.55. The molecule has 2 heterocycles. The summed E-state index contributed by atoms with van der Waals surface area (Å²) in [7, 11) is 0. The Morgan fingerprint density at radius 2 is 2.07 bits per heavy atom. The van der Waals surface area contributed by atoms with Gasteiger partial charge >= 0.3 is 0 Å². The minimum absolute atomic E-state index is 1.05. The zero-order valence-electron chi connectivity index (χ0n) is 8.26. The Bertz CT molecular complexity index is 554. The van der Waals surface area contributed by atoms with Gasteiger partial charge in [-0.15, -0.1) is 11.8 Å². The van der Waals surface area contributed by atoms with Crippen LogP contribution in [-0.4, -0.2) is 10.7 Å². The maximum absolute atomic E-state index is 2.21. The molecule has 1 aromatic carbocycles. The highest BCUT2D eigenvalue weighted by atomic mass is 32.2. The predicted molar refractivity (Wildman–Crippen MR) is 66.1 cm³/mol. The molecule has 0 spiro atoms. The molecule has 0 aliphatic carbocycles. The number of allylic oxidation sites excluding steroid dienone is 1. The van der Waals surface area contributed by atoms with Crippen molar-refractivity contribution in [2.75, 3.05) is 5.75 Å². The van der Waals surface area contributed by atoms with Gasteiger partial charge in [0.1, 0.15) is 0 Å². The van der Waals surface area contributed by atoms with Crippen molar-refractivity contribution >= 4 is 23.5 Å². The van der Waals surface area contributed by atoms with E-state index in [1.165, 1.54) is 16.1 Å². The molecule has 15 heavy (non-hydrogen) atoms. The van der Waals surface area contributed by atoms with E-state index in [9.17, 15) is 0 Å². The fourth-order valence-corrected chi connectivity index (χ4v) is 2.68. The third-order valence-electron chi connectivity index (χ3n) is 2.64. The molecule has 0 N–H and O–H groups in total. The van der Waals surface area contributed by atoms with Gasteiger partial charge in [-0.3, -0.25) is 0 Å². The van der Waals surface area contributed by atoms with E-state index in [2.05, 4.69) is 59.1 Å². The average Bonchev–Trinajstić information content (AvgIpc) is 2.48. The fourth-order valence-electron chi connectivity index (χ4n) is 1.90. The second kappa shape index (κ2) is 3.63. The molecule has 2 aliphatic rings. The van der Waals surface area contributed by atoms with Crippen molar-refractivity contribution in [1.29, 1.82) is 0 Å². The molecule has 0 saturated heterocycles. The van der Waals surface area contributed by atoms with Crippen LogP contribution in [0, 0.1) is 0 Å². The van der Waals surface area contributed by atoms with E-state index in [-0.39, 0.29) is 0 Å². The summed E-state index contributed by atoms with van der Waals surface area (Å²) < 4.78 is 0. The van der Waals surface area contributed by atoms with Crippen LogP contribution in [0.5, 0.6) is 0 Å². The van der Waals surface area contributed by atoms with Gasteiger partial charge in [0, 0.05) is 29.1 Å². The minimum Gasteiger partial charge on any atom is -0.326 e. The first-order chi connectivity index (χ1) is 7.45. The van der Waals surface area contributed by atoms with Crippen LogP contribution >= 0.6 is 11.8 Å². The minimum atomic E-state index is 1.05. The van der Waals surface area contributed by atoms with E-state index >= 15 is 0 Å². The van der Waals surface area contributed by atoms with Gasteiger partial charge in [0.05, 0.1) is 0 Å². The van der Waals surface area contributed by atoms with Gasteiger partial charge < -0.3 is 4.90 Å². The highest BCUT2D eigenvalue weighted by molar-refractivity contribution is 8.02. The standard InChI is InChI=1S/C13H11NS/c1-2-6-12-11(4-1)5-3-7-14-8-9-15-10-13(12)14/h1-9H,10H2. The number of benzene rings is 1. The first-order valence-electron chi connectivity index (χ1n) is 4.98. The molecule has 0 unspecified atom stereocenters. The first-order valence-corrected chi connectivity index (χ1v) is 6.03. The van der Waals surface area contributed by atoms with Gasteiger partial charge in [0.25, 0.3) is 0 Å². The summed E-state index contributed by atoms with van der Waals surface area (Å²) in [6.07, 6.45) is 8.51. The van der Waals surface area contributed by atoms with Gasteiger partial charge in [0.15, 0.2) is 0 Å². The smallest absolute Gasteiger partial charge is 0.0401 e. The van der Waals surface area contributed by atoms with E-state index in [4.69, 9.17) is 0 Å². The predicted octanol–water partition coefficient (Wildman–Crippen LogP) is 1.62. The number of fused-ring (bicyclic) bond motifs is 2. The molecule has 0 saturated carbocycles. The molecule has 0 amide bonds. The molecule has 2 aliphatic heterocycles.